The second-order valence-electron chi connectivity index (χ2n) is 5.96. The van der Waals surface area contributed by atoms with Gasteiger partial charge in [0.25, 0.3) is 5.91 Å². The molecule has 134 valence electrons. The van der Waals surface area contributed by atoms with Gasteiger partial charge in [-0.15, -0.1) is 10.2 Å². The molecule has 1 aliphatic heterocycles. The van der Waals surface area contributed by atoms with Crippen LogP contribution in [0, 0.1) is 12.8 Å². The van der Waals surface area contributed by atoms with E-state index in [0.29, 0.717) is 6.54 Å². The zero-order chi connectivity index (χ0) is 18.2. The Labute approximate surface area is 145 Å². The monoisotopic (exact) mass is 365 g/mol. The van der Waals surface area contributed by atoms with Gasteiger partial charge in [0.15, 0.2) is 0 Å². The van der Waals surface area contributed by atoms with E-state index in [1.807, 2.05) is 11.5 Å². The van der Waals surface area contributed by atoms with Gasteiger partial charge in [-0.3, -0.25) is 4.79 Å². The molecule has 1 aromatic carbocycles. The largest absolute Gasteiger partial charge is 0.496 e. The van der Waals surface area contributed by atoms with Crippen molar-refractivity contribution in [1.82, 2.24) is 20.1 Å². The van der Waals surface area contributed by atoms with Crippen molar-refractivity contribution in [2.45, 2.75) is 24.8 Å². The zero-order valence-electron chi connectivity index (χ0n) is 13.9. The minimum Gasteiger partial charge on any atom is -0.496 e. The number of amides is 1. The second-order valence-corrected chi connectivity index (χ2v) is 7.52. The van der Waals surface area contributed by atoms with Crippen LogP contribution in [0.1, 0.15) is 22.0 Å². The van der Waals surface area contributed by atoms with Crippen LogP contribution in [0.15, 0.2) is 23.1 Å². The number of benzene rings is 1. The molecule has 0 saturated heterocycles. The van der Waals surface area contributed by atoms with Crippen LogP contribution in [-0.4, -0.2) is 42.7 Å². The Morgan fingerprint density at radius 1 is 1.44 bits per heavy atom. The number of carbonyl (C=O) groups excluding carboxylic acids is 1. The van der Waals surface area contributed by atoms with Gasteiger partial charge < -0.3 is 14.6 Å². The van der Waals surface area contributed by atoms with E-state index < -0.39 is 15.9 Å². The molecule has 9 nitrogen and oxygen atoms in total. The van der Waals surface area contributed by atoms with Crippen molar-refractivity contribution in [1.29, 1.82) is 0 Å². The average Bonchev–Trinajstić information content (AvgIpc) is 3.13. The summed E-state index contributed by atoms with van der Waals surface area (Å²) in [6, 6.07) is 3.93. The van der Waals surface area contributed by atoms with E-state index >= 15 is 0 Å². The van der Waals surface area contributed by atoms with Gasteiger partial charge in [0, 0.05) is 25.4 Å². The van der Waals surface area contributed by atoms with Crippen LogP contribution in [0.2, 0.25) is 0 Å². The Balaban J connectivity index is 1.71. The number of hydrogen-bond acceptors (Lipinski definition) is 6. The fourth-order valence-electron chi connectivity index (χ4n) is 2.90. The Bertz CT molecular complexity index is 922. The maximum Gasteiger partial charge on any atom is 0.255 e. The molecule has 0 aliphatic carbocycles. The summed E-state index contributed by atoms with van der Waals surface area (Å²) in [5, 5.41) is 16.1. The van der Waals surface area contributed by atoms with Crippen LogP contribution in [0.4, 0.5) is 0 Å². The number of hydrogen-bond donors (Lipinski definition) is 2. The number of aryl methyl sites for hydroxylation is 1. The van der Waals surface area contributed by atoms with Crippen LogP contribution in [0.5, 0.6) is 5.75 Å². The molecule has 1 unspecified atom stereocenters. The first-order valence-electron chi connectivity index (χ1n) is 7.67. The maximum absolute atomic E-state index is 12.5. The van der Waals surface area contributed by atoms with E-state index in [1.54, 1.807) is 0 Å². The standard InChI is InChI=1S/C15H19N5O4S/c1-9-18-19-14-5-10(8-20(9)14)7-17-15(21)12-6-11(25(16,22)23)3-4-13(12)24-2/h3-4,6,10H,5,7-8H2,1-2H3,(H,17,21)(H2,16,22,23). The molecule has 1 amide bonds. The highest BCUT2D eigenvalue weighted by atomic mass is 32.2. The molecular weight excluding hydrogens is 346 g/mol. The summed E-state index contributed by atoms with van der Waals surface area (Å²) < 4.78 is 30.2. The number of methoxy groups -OCH3 is 1. The van der Waals surface area contributed by atoms with Crippen molar-refractivity contribution in [3.8, 4) is 5.75 Å². The molecule has 0 spiro atoms. The maximum atomic E-state index is 12.5. The topological polar surface area (TPSA) is 129 Å². The van der Waals surface area contributed by atoms with E-state index in [1.165, 1.54) is 25.3 Å². The minimum atomic E-state index is -3.90. The number of fused-ring (bicyclic) bond motifs is 1. The summed E-state index contributed by atoms with van der Waals surface area (Å²) >= 11 is 0. The summed E-state index contributed by atoms with van der Waals surface area (Å²) in [6.45, 7) is 3.06. The van der Waals surface area contributed by atoms with Crippen LogP contribution in [-0.2, 0) is 23.0 Å². The van der Waals surface area contributed by atoms with Gasteiger partial charge in [0.05, 0.1) is 17.6 Å². The van der Waals surface area contributed by atoms with Crippen LogP contribution in [0.25, 0.3) is 0 Å². The molecule has 1 atom stereocenters. The molecule has 0 saturated carbocycles. The highest BCUT2D eigenvalue weighted by molar-refractivity contribution is 7.89. The molecular formula is C15H19N5O4S. The molecule has 25 heavy (non-hydrogen) atoms. The number of primary sulfonamides is 1. The van der Waals surface area contributed by atoms with Crippen molar-refractivity contribution in [2.24, 2.45) is 11.1 Å². The van der Waals surface area contributed by atoms with Crippen molar-refractivity contribution < 1.29 is 17.9 Å². The lowest BCUT2D eigenvalue weighted by atomic mass is 10.1. The van der Waals surface area contributed by atoms with E-state index in [9.17, 15) is 13.2 Å². The Kier molecular flexibility index (Phi) is 4.48. The second kappa shape index (κ2) is 6.45. The van der Waals surface area contributed by atoms with Crippen molar-refractivity contribution >= 4 is 15.9 Å². The highest BCUT2D eigenvalue weighted by Gasteiger charge is 2.25. The molecule has 2 heterocycles. The fraction of sp³-hybridized carbons (Fsp3) is 0.400. The number of nitrogens with zero attached hydrogens (tertiary/aromatic N) is 3. The zero-order valence-corrected chi connectivity index (χ0v) is 14.7. The molecule has 10 heteroatoms. The lowest BCUT2D eigenvalue weighted by Crippen LogP contribution is -2.30. The number of nitrogens with one attached hydrogen (secondary N) is 1. The Morgan fingerprint density at radius 3 is 2.84 bits per heavy atom. The number of rotatable bonds is 5. The van der Waals surface area contributed by atoms with Gasteiger partial charge in [0.2, 0.25) is 10.0 Å². The van der Waals surface area contributed by atoms with Crippen LogP contribution >= 0.6 is 0 Å². The van der Waals surface area contributed by atoms with E-state index in [4.69, 9.17) is 9.88 Å². The summed E-state index contributed by atoms with van der Waals surface area (Å²) in [5.74, 6) is 1.84. The van der Waals surface area contributed by atoms with Gasteiger partial charge in [-0.1, -0.05) is 0 Å². The fourth-order valence-corrected chi connectivity index (χ4v) is 3.44. The third-order valence-corrected chi connectivity index (χ3v) is 5.13. The first-order valence-corrected chi connectivity index (χ1v) is 9.22. The Morgan fingerprint density at radius 2 is 2.20 bits per heavy atom. The van der Waals surface area contributed by atoms with Gasteiger partial charge in [0.1, 0.15) is 17.4 Å². The molecule has 1 aromatic heterocycles. The molecule has 3 N–H and O–H groups in total. The quantitative estimate of drug-likeness (QED) is 0.758. The van der Waals surface area contributed by atoms with Crippen molar-refractivity contribution in [3.63, 3.8) is 0 Å². The van der Waals surface area contributed by atoms with Crippen molar-refractivity contribution in [3.05, 3.63) is 35.4 Å². The minimum absolute atomic E-state index is 0.127. The predicted octanol–water partition coefficient (Wildman–Crippen LogP) is -0.155. The SMILES string of the molecule is COc1ccc(S(N)(=O)=O)cc1C(=O)NCC1Cc2nnc(C)n2C1. The lowest BCUT2D eigenvalue weighted by molar-refractivity contribution is 0.0943. The number of carbonyl (C=O) groups is 1. The molecule has 0 fully saturated rings. The molecule has 1 aliphatic rings. The van der Waals surface area contributed by atoms with E-state index in [-0.39, 0.29) is 22.1 Å². The van der Waals surface area contributed by atoms with Gasteiger partial charge in [-0.2, -0.15) is 0 Å². The molecule has 3 rings (SSSR count). The Hall–Kier alpha value is -2.46. The smallest absolute Gasteiger partial charge is 0.255 e. The molecule has 0 bridgehead atoms. The normalized spacial score (nSPS) is 16.5. The number of ether oxygens (including phenoxy) is 1. The van der Waals surface area contributed by atoms with Crippen LogP contribution in [0.3, 0.4) is 0 Å². The molecule has 2 aromatic rings. The van der Waals surface area contributed by atoms with E-state index in [0.717, 1.165) is 24.6 Å². The highest BCUT2D eigenvalue weighted by Crippen LogP contribution is 2.23. The van der Waals surface area contributed by atoms with E-state index in [2.05, 4.69) is 15.5 Å². The van der Waals surface area contributed by atoms with Crippen molar-refractivity contribution in [2.75, 3.05) is 13.7 Å². The predicted molar refractivity (Wildman–Crippen MR) is 88.7 cm³/mol. The molecule has 0 radical (unpaired) electrons. The summed E-state index contributed by atoms with van der Waals surface area (Å²) in [7, 11) is -2.49. The third kappa shape index (κ3) is 3.49. The third-order valence-electron chi connectivity index (χ3n) is 4.22. The summed E-state index contributed by atoms with van der Waals surface area (Å²) in [5.41, 5.74) is 0.127. The first kappa shape index (κ1) is 17.4. The van der Waals surface area contributed by atoms with Gasteiger partial charge in [-0.05, 0) is 25.1 Å². The van der Waals surface area contributed by atoms with Gasteiger partial charge >= 0.3 is 0 Å². The number of aromatic nitrogens is 3. The lowest BCUT2D eigenvalue weighted by Gasteiger charge is -2.13. The first-order chi connectivity index (χ1) is 11.8. The summed E-state index contributed by atoms with van der Waals surface area (Å²) in [6.07, 6.45) is 0.732. The van der Waals surface area contributed by atoms with Gasteiger partial charge in [-0.25, -0.2) is 13.6 Å². The number of sulfonamides is 1. The average molecular weight is 365 g/mol. The summed E-state index contributed by atoms with van der Waals surface area (Å²) in [4.78, 5) is 12.3. The van der Waals surface area contributed by atoms with Crippen LogP contribution < -0.4 is 15.2 Å². The number of nitrogens with two attached hydrogens (primary N) is 1.